The van der Waals surface area contributed by atoms with Crippen LogP contribution in [0.2, 0.25) is 0 Å². The maximum atomic E-state index is 3.46. The van der Waals surface area contributed by atoms with Gasteiger partial charge >= 0.3 is 0 Å². The Labute approximate surface area is 90.7 Å². The van der Waals surface area contributed by atoms with Crippen LogP contribution in [0.1, 0.15) is 65.7 Å². The zero-order chi connectivity index (χ0) is 10.8. The lowest BCUT2D eigenvalue weighted by Gasteiger charge is -2.23. The first kappa shape index (κ1) is 14.0. The lowest BCUT2D eigenvalue weighted by molar-refractivity contribution is 0.345. The first-order valence-corrected chi connectivity index (χ1v) is 6.43. The van der Waals surface area contributed by atoms with E-state index in [0.717, 1.165) is 12.0 Å². The SMILES string of the molecule is CCCCCCC(NC)C(C)CCC. The van der Waals surface area contributed by atoms with Crippen LogP contribution in [-0.4, -0.2) is 13.1 Å². The highest BCUT2D eigenvalue weighted by molar-refractivity contribution is 4.71. The highest BCUT2D eigenvalue weighted by Gasteiger charge is 2.13. The summed E-state index contributed by atoms with van der Waals surface area (Å²) in [4.78, 5) is 0. The molecule has 0 aromatic rings. The van der Waals surface area contributed by atoms with E-state index in [-0.39, 0.29) is 0 Å². The van der Waals surface area contributed by atoms with Crippen LogP contribution in [0.5, 0.6) is 0 Å². The number of nitrogens with one attached hydrogen (secondary N) is 1. The maximum Gasteiger partial charge on any atom is 0.00896 e. The van der Waals surface area contributed by atoms with E-state index in [0.29, 0.717) is 0 Å². The number of hydrogen-bond acceptors (Lipinski definition) is 1. The maximum absolute atomic E-state index is 3.46. The molecule has 14 heavy (non-hydrogen) atoms. The molecule has 0 aromatic carbocycles. The Bertz CT molecular complexity index is 112. The van der Waals surface area contributed by atoms with Crippen LogP contribution < -0.4 is 5.32 Å². The van der Waals surface area contributed by atoms with Gasteiger partial charge in [0.2, 0.25) is 0 Å². The Morgan fingerprint density at radius 3 is 2.14 bits per heavy atom. The molecule has 0 aliphatic heterocycles. The zero-order valence-electron chi connectivity index (χ0n) is 10.6. The summed E-state index contributed by atoms with van der Waals surface area (Å²) in [5.74, 6) is 0.839. The minimum Gasteiger partial charge on any atom is -0.317 e. The van der Waals surface area contributed by atoms with Crippen molar-refractivity contribution in [2.45, 2.75) is 71.8 Å². The molecule has 0 heterocycles. The van der Waals surface area contributed by atoms with Crippen molar-refractivity contribution in [2.75, 3.05) is 7.05 Å². The van der Waals surface area contributed by atoms with Gasteiger partial charge in [-0.25, -0.2) is 0 Å². The number of hydrogen-bond donors (Lipinski definition) is 1. The van der Waals surface area contributed by atoms with Gasteiger partial charge in [0.15, 0.2) is 0 Å². The van der Waals surface area contributed by atoms with Gasteiger partial charge in [0, 0.05) is 6.04 Å². The smallest absolute Gasteiger partial charge is 0.00896 e. The summed E-state index contributed by atoms with van der Waals surface area (Å²) in [7, 11) is 2.11. The minimum atomic E-state index is 0.742. The van der Waals surface area contributed by atoms with Crippen LogP contribution >= 0.6 is 0 Å². The van der Waals surface area contributed by atoms with Gasteiger partial charge in [-0.3, -0.25) is 0 Å². The fourth-order valence-corrected chi connectivity index (χ4v) is 2.16. The van der Waals surface area contributed by atoms with Gasteiger partial charge in [-0.05, 0) is 25.8 Å². The molecule has 0 amide bonds. The Kier molecular flexibility index (Phi) is 9.49. The third kappa shape index (κ3) is 6.42. The van der Waals surface area contributed by atoms with Crippen molar-refractivity contribution >= 4 is 0 Å². The van der Waals surface area contributed by atoms with Crippen LogP contribution in [0, 0.1) is 5.92 Å². The summed E-state index contributed by atoms with van der Waals surface area (Å²) >= 11 is 0. The summed E-state index contributed by atoms with van der Waals surface area (Å²) in [5, 5.41) is 3.46. The van der Waals surface area contributed by atoms with Crippen LogP contribution in [0.4, 0.5) is 0 Å². The molecule has 0 saturated heterocycles. The summed E-state index contributed by atoms with van der Waals surface area (Å²) in [6.07, 6.45) is 9.58. The molecule has 0 rings (SSSR count). The normalized spacial score (nSPS) is 15.4. The minimum absolute atomic E-state index is 0.742. The molecule has 0 fully saturated rings. The molecule has 1 heteroatoms. The van der Waals surface area contributed by atoms with E-state index in [1.165, 1.54) is 44.9 Å². The summed E-state index contributed by atoms with van der Waals surface area (Å²) < 4.78 is 0. The van der Waals surface area contributed by atoms with Crippen LogP contribution in [0.3, 0.4) is 0 Å². The standard InChI is InChI=1S/C13H29N/c1-5-7-8-9-11-13(14-4)12(3)10-6-2/h12-14H,5-11H2,1-4H3. The zero-order valence-corrected chi connectivity index (χ0v) is 10.6. The Balaban J connectivity index is 3.56. The first-order valence-electron chi connectivity index (χ1n) is 6.43. The fraction of sp³-hybridized carbons (Fsp3) is 1.00. The van der Waals surface area contributed by atoms with Crippen molar-refractivity contribution in [3.63, 3.8) is 0 Å². The molecule has 1 N–H and O–H groups in total. The van der Waals surface area contributed by atoms with Crippen molar-refractivity contribution in [1.29, 1.82) is 0 Å². The van der Waals surface area contributed by atoms with Gasteiger partial charge in [0.25, 0.3) is 0 Å². The van der Waals surface area contributed by atoms with Gasteiger partial charge < -0.3 is 5.32 Å². The van der Waals surface area contributed by atoms with Crippen molar-refractivity contribution in [3.8, 4) is 0 Å². The molecule has 0 saturated carbocycles. The van der Waals surface area contributed by atoms with Crippen molar-refractivity contribution < 1.29 is 0 Å². The molecule has 2 atom stereocenters. The highest BCUT2D eigenvalue weighted by Crippen LogP contribution is 2.16. The highest BCUT2D eigenvalue weighted by atomic mass is 14.9. The molecule has 1 nitrogen and oxygen atoms in total. The molecule has 0 aliphatic carbocycles. The second-order valence-corrected chi connectivity index (χ2v) is 4.51. The monoisotopic (exact) mass is 199 g/mol. The van der Waals surface area contributed by atoms with Crippen LogP contribution in [0.25, 0.3) is 0 Å². The summed E-state index contributed by atoms with van der Waals surface area (Å²) in [6.45, 7) is 6.93. The second-order valence-electron chi connectivity index (χ2n) is 4.51. The lowest BCUT2D eigenvalue weighted by Crippen LogP contribution is -2.31. The van der Waals surface area contributed by atoms with Gasteiger partial charge in [-0.15, -0.1) is 0 Å². The van der Waals surface area contributed by atoms with Crippen molar-refractivity contribution in [1.82, 2.24) is 5.32 Å². The molecule has 86 valence electrons. The summed E-state index contributed by atoms with van der Waals surface area (Å²) in [6, 6.07) is 0.742. The van der Waals surface area contributed by atoms with E-state index >= 15 is 0 Å². The van der Waals surface area contributed by atoms with Gasteiger partial charge in [-0.2, -0.15) is 0 Å². The molecular formula is C13H29N. The molecule has 0 spiro atoms. The van der Waals surface area contributed by atoms with Gasteiger partial charge in [-0.1, -0.05) is 52.9 Å². The van der Waals surface area contributed by atoms with E-state index in [2.05, 4.69) is 33.1 Å². The largest absolute Gasteiger partial charge is 0.317 e. The molecule has 0 aromatic heterocycles. The predicted octanol–water partition coefficient (Wildman–Crippen LogP) is 3.98. The van der Waals surface area contributed by atoms with E-state index in [1.54, 1.807) is 0 Å². The molecule has 0 aliphatic rings. The Morgan fingerprint density at radius 2 is 1.64 bits per heavy atom. The lowest BCUT2D eigenvalue weighted by atomic mass is 9.92. The van der Waals surface area contributed by atoms with Crippen LogP contribution in [0.15, 0.2) is 0 Å². The van der Waals surface area contributed by atoms with E-state index < -0.39 is 0 Å². The van der Waals surface area contributed by atoms with Crippen LogP contribution in [-0.2, 0) is 0 Å². The topological polar surface area (TPSA) is 12.0 Å². The average Bonchev–Trinajstić information content (AvgIpc) is 2.18. The van der Waals surface area contributed by atoms with E-state index in [1.807, 2.05) is 0 Å². The summed E-state index contributed by atoms with van der Waals surface area (Å²) in [5.41, 5.74) is 0. The molecular weight excluding hydrogens is 170 g/mol. The third-order valence-electron chi connectivity index (χ3n) is 3.17. The van der Waals surface area contributed by atoms with Crippen molar-refractivity contribution in [2.24, 2.45) is 5.92 Å². The third-order valence-corrected chi connectivity index (χ3v) is 3.17. The van der Waals surface area contributed by atoms with Crippen molar-refractivity contribution in [3.05, 3.63) is 0 Å². The predicted molar refractivity (Wildman–Crippen MR) is 65.7 cm³/mol. The molecule has 0 bridgehead atoms. The first-order chi connectivity index (χ1) is 6.76. The second kappa shape index (κ2) is 9.51. The van der Waals surface area contributed by atoms with Gasteiger partial charge in [0.05, 0.1) is 0 Å². The quantitative estimate of drug-likeness (QED) is 0.554. The molecule has 2 unspecified atom stereocenters. The Morgan fingerprint density at radius 1 is 0.929 bits per heavy atom. The van der Waals surface area contributed by atoms with E-state index in [4.69, 9.17) is 0 Å². The van der Waals surface area contributed by atoms with Gasteiger partial charge in [0.1, 0.15) is 0 Å². The Hall–Kier alpha value is -0.0400. The number of rotatable bonds is 9. The number of unbranched alkanes of at least 4 members (excludes halogenated alkanes) is 3. The average molecular weight is 199 g/mol. The fourth-order valence-electron chi connectivity index (χ4n) is 2.16. The molecule has 0 radical (unpaired) electrons. The van der Waals surface area contributed by atoms with E-state index in [9.17, 15) is 0 Å².